The maximum atomic E-state index is 5.31. The first kappa shape index (κ1) is 14.7. The Kier molecular flexibility index (Phi) is 5.30. The van der Waals surface area contributed by atoms with Crippen LogP contribution in [-0.2, 0) is 12.8 Å². The lowest BCUT2D eigenvalue weighted by Crippen LogP contribution is -2.25. The molecule has 4 heteroatoms. The van der Waals surface area contributed by atoms with Crippen LogP contribution in [0, 0.1) is 6.92 Å². The van der Waals surface area contributed by atoms with Gasteiger partial charge in [-0.25, -0.2) is 0 Å². The third-order valence-electron chi connectivity index (χ3n) is 3.30. The summed E-state index contributed by atoms with van der Waals surface area (Å²) < 4.78 is 5.31. The van der Waals surface area contributed by atoms with E-state index in [0.717, 1.165) is 37.5 Å². The van der Waals surface area contributed by atoms with Crippen molar-refractivity contribution in [3.63, 3.8) is 0 Å². The van der Waals surface area contributed by atoms with Gasteiger partial charge in [-0.1, -0.05) is 41.9 Å². The molecule has 1 N–H and O–H groups in total. The number of nitrogens with one attached hydrogen (secondary N) is 1. The number of nitrogens with zero attached hydrogens (tertiary/aromatic N) is 2. The van der Waals surface area contributed by atoms with E-state index in [0.29, 0.717) is 6.04 Å². The maximum absolute atomic E-state index is 5.31. The van der Waals surface area contributed by atoms with Crippen LogP contribution >= 0.6 is 0 Å². The minimum Gasteiger partial charge on any atom is -0.339 e. The van der Waals surface area contributed by atoms with Crippen LogP contribution in [0.4, 0.5) is 0 Å². The van der Waals surface area contributed by atoms with Gasteiger partial charge in [0.15, 0.2) is 5.82 Å². The molecule has 0 spiro atoms. The Morgan fingerprint density at radius 3 is 2.95 bits per heavy atom. The summed E-state index contributed by atoms with van der Waals surface area (Å²) in [7, 11) is 0. The fraction of sp³-hybridized carbons (Fsp3) is 0.500. The second-order valence-electron chi connectivity index (χ2n) is 5.27. The molecular formula is C16H23N3O. The summed E-state index contributed by atoms with van der Waals surface area (Å²) in [4.78, 5) is 4.46. The summed E-state index contributed by atoms with van der Waals surface area (Å²) in [6, 6.07) is 8.88. The molecule has 2 rings (SSSR count). The van der Waals surface area contributed by atoms with Crippen molar-refractivity contribution in [3.05, 3.63) is 47.1 Å². The standard InChI is InChI=1S/C16H23N3O/c1-4-17-13(3)8-9-16-18-15(19-20-16)11-14-7-5-6-12(2)10-14/h5-7,10,13,17H,4,8-9,11H2,1-3H3. The fourth-order valence-electron chi connectivity index (χ4n) is 2.26. The molecular weight excluding hydrogens is 250 g/mol. The Hall–Kier alpha value is -1.68. The van der Waals surface area contributed by atoms with Gasteiger partial charge < -0.3 is 9.84 Å². The molecule has 20 heavy (non-hydrogen) atoms. The number of aromatic nitrogens is 2. The van der Waals surface area contributed by atoms with E-state index in [1.54, 1.807) is 0 Å². The molecule has 1 aromatic heterocycles. The number of hydrogen-bond acceptors (Lipinski definition) is 4. The first-order chi connectivity index (χ1) is 9.67. The molecule has 0 bridgehead atoms. The lowest BCUT2D eigenvalue weighted by molar-refractivity contribution is 0.363. The summed E-state index contributed by atoms with van der Waals surface area (Å²) >= 11 is 0. The lowest BCUT2D eigenvalue weighted by Gasteiger charge is -2.09. The van der Waals surface area contributed by atoms with E-state index in [-0.39, 0.29) is 0 Å². The Morgan fingerprint density at radius 1 is 1.35 bits per heavy atom. The van der Waals surface area contributed by atoms with Gasteiger partial charge in [0.2, 0.25) is 5.89 Å². The molecule has 1 atom stereocenters. The van der Waals surface area contributed by atoms with Crippen molar-refractivity contribution in [2.45, 2.75) is 46.1 Å². The molecule has 0 amide bonds. The summed E-state index contributed by atoms with van der Waals surface area (Å²) in [6.45, 7) is 7.37. The van der Waals surface area contributed by atoms with E-state index in [1.165, 1.54) is 11.1 Å². The van der Waals surface area contributed by atoms with Crippen molar-refractivity contribution in [2.24, 2.45) is 0 Å². The second kappa shape index (κ2) is 7.20. The normalized spacial score (nSPS) is 12.6. The largest absolute Gasteiger partial charge is 0.339 e. The first-order valence-electron chi connectivity index (χ1n) is 7.27. The topological polar surface area (TPSA) is 51.0 Å². The van der Waals surface area contributed by atoms with Gasteiger partial charge in [0.25, 0.3) is 0 Å². The van der Waals surface area contributed by atoms with Crippen molar-refractivity contribution in [3.8, 4) is 0 Å². The van der Waals surface area contributed by atoms with Gasteiger partial charge in [-0.15, -0.1) is 0 Å². The van der Waals surface area contributed by atoms with E-state index in [4.69, 9.17) is 4.52 Å². The van der Waals surface area contributed by atoms with Crippen LogP contribution in [0.2, 0.25) is 0 Å². The SMILES string of the molecule is CCNC(C)CCc1nc(Cc2cccc(C)c2)no1. The average Bonchev–Trinajstić information content (AvgIpc) is 2.84. The van der Waals surface area contributed by atoms with Crippen LogP contribution in [0.25, 0.3) is 0 Å². The molecule has 108 valence electrons. The molecule has 0 aliphatic heterocycles. The molecule has 0 fully saturated rings. The van der Waals surface area contributed by atoms with Gasteiger partial charge in [0.05, 0.1) is 0 Å². The van der Waals surface area contributed by atoms with Crippen LogP contribution < -0.4 is 5.32 Å². The molecule has 1 aromatic carbocycles. The highest BCUT2D eigenvalue weighted by Crippen LogP contribution is 2.10. The summed E-state index contributed by atoms with van der Waals surface area (Å²) in [5, 5.41) is 7.44. The molecule has 0 saturated carbocycles. The average molecular weight is 273 g/mol. The summed E-state index contributed by atoms with van der Waals surface area (Å²) in [5.41, 5.74) is 2.48. The van der Waals surface area contributed by atoms with E-state index >= 15 is 0 Å². The third kappa shape index (κ3) is 4.46. The van der Waals surface area contributed by atoms with Gasteiger partial charge in [0, 0.05) is 18.9 Å². The van der Waals surface area contributed by atoms with Crippen LogP contribution in [0.1, 0.15) is 43.1 Å². The Bertz CT molecular complexity index is 536. The predicted octanol–water partition coefficient (Wildman–Crippen LogP) is 2.90. The highest BCUT2D eigenvalue weighted by atomic mass is 16.5. The van der Waals surface area contributed by atoms with E-state index in [9.17, 15) is 0 Å². The van der Waals surface area contributed by atoms with Crippen LogP contribution in [0.3, 0.4) is 0 Å². The zero-order valence-corrected chi connectivity index (χ0v) is 12.5. The number of benzene rings is 1. The zero-order valence-electron chi connectivity index (χ0n) is 12.5. The van der Waals surface area contributed by atoms with Crippen LogP contribution in [-0.4, -0.2) is 22.7 Å². The molecule has 0 aliphatic carbocycles. The van der Waals surface area contributed by atoms with E-state index < -0.39 is 0 Å². The van der Waals surface area contributed by atoms with Gasteiger partial charge in [-0.3, -0.25) is 0 Å². The third-order valence-corrected chi connectivity index (χ3v) is 3.30. The zero-order chi connectivity index (χ0) is 14.4. The molecule has 1 heterocycles. The first-order valence-corrected chi connectivity index (χ1v) is 7.27. The molecule has 0 saturated heterocycles. The quantitative estimate of drug-likeness (QED) is 0.842. The van der Waals surface area contributed by atoms with Crippen LogP contribution in [0.5, 0.6) is 0 Å². The smallest absolute Gasteiger partial charge is 0.226 e. The van der Waals surface area contributed by atoms with Crippen molar-refractivity contribution >= 4 is 0 Å². The molecule has 2 aromatic rings. The predicted molar refractivity (Wildman–Crippen MR) is 79.7 cm³/mol. The monoisotopic (exact) mass is 273 g/mol. The molecule has 0 radical (unpaired) electrons. The van der Waals surface area contributed by atoms with E-state index in [1.807, 2.05) is 0 Å². The Balaban J connectivity index is 1.89. The number of hydrogen-bond donors (Lipinski definition) is 1. The summed E-state index contributed by atoms with van der Waals surface area (Å²) in [6.07, 6.45) is 2.57. The van der Waals surface area contributed by atoms with E-state index in [2.05, 4.69) is 60.5 Å². The highest BCUT2D eigenvalue weighted by molar-refractivity contribution is 5.24. The van der Waals surface area contributed by atoms with Gasteiger partial charge >= 0.3 is 0 Å². The molecule has 1 unspecified atom stereocenters. The van der Waals surface area contributed by atoms with Crippen molar-refractivity contribution in [1.29, 1.82) is 0 Å². The van der Waals surface area contributed by atoms with Crippen molar-refractivity contribution in [1.82, 2.24) is 15.5 Å². The summed E-state index contributed by atoms with van der Waals surface area (Å²) in [5.74, 6) is 1.50. The van der Waals surface area contributed by atoms with Gasteiger partial charge in [-0.2, -0.15) is 4.98 Å². The number of rotatable bonds is 7. The Morgan fingerprint density at radius 2 is 2.20 bits per heavy atom. The maximum Gasteiger partial charge on any atom is 0.226 e. The number of aryl methyl sites for hydroxylation is 2. The Labute approximate surface area is 120 Å². The fourth-order valence-corrected chi connectivity index (χ4v) is 2.26. The minimum absolute atomic E-state index is 0.479. The lowest BCUT2D eigenvalue weighted by atomic mass is 10.1. The molecule has 0 aliphatic rings. The van der Waals surface area contributed by atoms with Gasteiger partial charge in [-0.05, 0) is 32.4 Å². The van der Waals surface area contributed by atoms with Crippen molar-refractivity contribution in [2.75, 3.05) is 6.54 Å². The molecule has 4 nitrogen and oxygen atoms in total. The minimum atomic E-state index is 0.479. The second-order valence-corrected chi connectivity index (χ2v) is 5.27. The van der Waals surface area contributed by atoms with Crippen molar-refractivity contribution < 1.29 is 4.52 Å². The highest BCUT2D eigenvalue weighted by Gasteiger charge is 2.09. The van der Waals surface area contributed by atoms with Gasteiger partial charge in [0.1, 0.15) is 0 Å². The van der Waals surface area contributed by atoms with Crippen LogP contribution in [0.15, 0.2) is 28.8 Å².